The van der Waals surface area contributed by atoms with E-state index in [0.29, 0.717) is 17.4 Å². The van der Waals surface area contributed by atoms with Gasteiger partial charge in [-0.3, -0.25) is 9.36 Å². The third-order valence-electron chi connectivity index (χ3n) is 9.00. The van der Waals surface area contributed by atoms with Gasteiger partial charge in [-0.05, 0) is 19.3 Å². The molecule has 0 aromatic rings. The summed E-state index contributed by atoms with van der Waals surface area (Å²) in [5.41, 5.74) is 0. The number of quaternary nitrogens is 1. The smallest absolute Gasteiger partial charge is 0.268 e. The van der Waals surface area contributed by atoms with Crippen molar-refractivity contribution in [2.45, 2.75) is 193 Å². The number of phosphoric acid groups is 1. The molecular weight excluding hydrogens is 623 g/mol. The molecular formula is C39H79N2O6P. The number of nitrogens with one attached hydrogen (secondary N) is 1. The molecule has 0 aliphatic rings. The summed E-state index contributed by atoms with van der Waals surface area (Å²) in [6.45, 7) is 4.56. The van der Waals surface area contributed by atoms with E-state index in [2.05, 4.69) is 19.2 Å². The number of aliphatic hydroxyl groups is 1. The topological polar surface area (TPSA) is 108 Å². The zero-order chi connectivity index (χ0) is 35.8. The Kier molecular flexibility index (Phi) is 31.7. The average molecular weight is 703 g/mol. The summed E-state index contributed by atoms with van der Waals surface area (Å²) in [6.07, 6.45) is 34.3. The maximum absolute atomic E-state index is 12.7. The summed E-state index contributed by atoms with van der Waals surface area (Å²) < 4.78 is 23.0. The maximum atomic E-state index is 12.7. The molecule has 286 valence electrons. The highest BCUT2D eigenvalue weighted by molar-refractivity contribution is 7.45. The van der Waals surface area contributed by atoms with E-state index in [4.69, 9.17) is 9.05 Å². The number of nitrogens with zero attached hydrogens (tertiary/aromatic N) is 1. The minimum absolute atomic E-state index is 0.000952. The SMILES string of the molecule is CCCCCC/C=C/C(O)C(COP(=O)([O-])OCC[N+](C)(C)C)NC(=O)CCCCCCCCCCCCCCCCCCCCCC. The van der Waals surface area contributed by atoms with Crippen molar-refractivity contribution in [3.05, 3.63) is 12.2 Å². The van der Waals surface area contributed by atoms with E-state index in [-0.39, 0.29) is 19.1 Å². The van der Waals surface area contributed by atoms with Crippen LogP contribution in [0.15, 0.2) is 12.2 Å². The number of likely N-dealkylation sites (N-methyl/N-ethyl adjacent to an activating group) is 1. The second-order valence-corrected chi connectivity index (χ2v) is 16.4. The summed E-state index contributed by atoms with van der Waals surface area (Å²) in [5, 5.41) is 13.6. The first kappa shape index (κ1) is 47.2. The summed E-state index contributed by atoms with van der Waals surface area (Å²) in [7, 11) is 1.26. The molecule has 0 bridgehead atoms. The molecule has 0 fully saturated rings. The first-order valence-electron chi connectivity index (χ1n) is 20.1. The number of amides is 1. The Hall–Kier alpha value is -0.760. The van der Waals surface area contributed by atoms with Crippen molar-refractivity contribution in [2.24, 2.45) is 0 Å². The molecule has 0 aliphatic carbocycles. The Labute approximate surface area is 297 Å². The van der Waals surface area contributed by atoms with Crippen molar-refractivity contribution in [1.82, 2.24) is 5.32 Å². The lowest BCUT2D eigenvalue weighted by molar-refractivity contribution is -0.870. The van der Waals surface area contributed by atoms with E-state index in [1.54, 1.807) is 6.08 Å². The predicted molar refractivity (Wildman–Crippen MR) is 201 cm³/mol. The second kappa shape index (κ2) is 32.2. The van der Waals surface area contributed by atoms with Crippen LogP contribution < -0.4 is 10.2 Å². The van der Waals surface area contributed by atoms with E-state index in [1.807, 2.05) is 27.2 Å². The molecule has 3 atom stereocenters. The second-order valence-electron chi connectivity index (χ2n) is 15.0. The number of carbonyl (C=O) groups is 1. The van der Waals surface area contributed by atoms with Crippen LogP contribution in [0.1, 0.15) is 181 Å². The third kappa shape index (κ3) is 33.7. The van der Waals surface area contributed by atoms with Crippen LogP contribution in [-0.2, 0) is 18.4 Å². The fraction of sp³-hybridized carbons (Fsp3) is 0.923. The number of carbonyl (C=O) groups excluding carboxylic acids is 1. The van der Waals surface area contributed by atoms with Gasteiger partial charge in [-0.25, -0.2) is 0 Å². The van der Waals surface area contributed by atoms with Crippen LogP contribution in [0.2, 0.25) is 0 Å². The Morgan fingerprint density at radius 2 is 1.12 bits per heavy atom. The predicted octanol–water partition coefficient (Wildman–Crippen LogP) is 9.78. The van der Waals surface area contributed by atoms with Crippen molar-refractivity contribution >= 4 is 13.7 Å². The van der Waals surface area contributed by atoms with Crippen molar-refractivity contribution in [1.29, 1.82) is 0 Å². The largest absolute Gasteiger partial charge is 0.756 e. The number of unbranched alkanes of at least 4 members (excludes halogenated alkanes) is 23. The number of hydrogen-bond donors (Lipinski definition) is 2. The van der Waals surface area contributed by atoms with Crippen LogP contribution in [0, 0.1) is 0 Å². The molecule has 0 aromatic carbocycles. The van der Waals surface area contributed by atoms with Crippen molar-refractivity contribution in [3.8, 4) is 0 Å². The Morgan fingerprint density at radius 1 is 0.708 bits per heavy atom. The van der Waals surface area contributed by atoms with E-state index in [0.717, 1.165) is 44.9 Å². The summed E-state index contributed by atoms with van der Waals surface area (Å²) in [5.74, 6) is -0.201. The van der Waals surface area contributed by atoms with E-state index in [9.17, 15) is 19.4 Å². The van der Waals surface area contributed by atoms with Crippen molar-refractivity contribution in [2.75, 3.05) is 40.9 Å². The molecule has 2 N–H and O–H groups in total. The van der Waals surface area contributed by atoms with Gasteiger partial charge in [0, 0.05) is 6.42 Å². The molecule has 0 saturated heterocycles. The number of hydrogen-bond acceptors (Lipinski definition) is 6. The fourth-order valence-corrected chi connectivity index (χ4v) is 6.46. The molecule has 48 heavy (non-hydrogen) atoms. The van der Waals surface area contributed by atoms with E-state index < -0.39 is 20.0 Å². The summed E-state index contributed by atoms with van der Waals surface area (Å²) in [4.78, 5) is 25.0. The molecule has 0 aliphatic heterocycles. The first-order chi connectivity index (χ1) is 23.0. The maximum Gasteiger partial charge on any atom is 0.268 e. The van der Waals surface area contributed by atoms with Crippen LogP contribution in [-0.4, -0.2) is 68.5 Å². The molecule has 9 heteroatoms. The van der Waals surface area contributed by atoms with Crippen molar-refractivity contribution < 1.29 is 32.9 Å². The Balaban J connectivity index is 4.16. The van der Waals surface area contributed by atoms with Crippen LogP contribution in [0.3, 0.4) is 0 Å². The van der Waals surface area contributed by atoms with Gasteiger partial charge in [0.1, 0.15) is 13.2 Å². The lowest BCUT2D eigenvalue weighted by Crippen LogP contribution is -2.45. The van der Waals surface area contributed by atoms with Crippen molar-refractivity contribution in [3.63, 3.8) is 0 Å². The molecule has 0 saturated carbocycles. The molecule has 0 aromatic heterocycles. The monoisotopic (exact) mass is 703 g/mol. The highest BCUT2D eigenvalue weighted by Gasteiger charge is 2.23. The minimum atomic E-state index is -4.56. The van der Waals surface area contributed by atoms with Gasteiger partial charge in [0.2, 0.25) is 5.91 Å². The molecule has 0 radical (unpaired) electrons. The summed E-state index contributed by atoms with van der Waals surface area (Å²) >= 11 is 0. The van der Waals surface area contributed by atoms with Crippen LogP contribution in [0.5, 0.6) is 0 Å². The number of aliphatic hydroxyl groups excluding tert-OH is 1. The van der Waals surface area contributed by atoms with E-state index in [1.165, 1.54) is 116 Å². The lowest BCUT2D eigenvalue weighted by Gasteiger charge is -2.29. The number of phosphoric ester groups is 1. The van der Waals surface area contributed by atoms with Gasteiger partial charge in [-0.2, -0.15) is 0 Å². The number of rotatable bonds is 36. The fourth-order valence-electron chi connectivity index (χ4n) is 5.74. The standard InChI is InChI=1S/C39H79N2O6P/c1-6-8-10-12-14-15-16-17-18-19-20-21-22-23-24-25-26-27-29-31-33-39(43)40-37(38(42)32-30-28-13-11-9-7-2)36-47-48(44,45)46-35-34-41(3,4)5/h30,32,37-38,42H,6-29,31,33-36H2,1-5H3,(H-,40,43,44,45)/b32-30+. The third-order valence-corrected chi connectivity index (χ3v) is 9.96. The highest BCUT2D eigenvalue weighted by Crippen LogP contribution is 2.38. The van der Waals surface area contributed by atoms with Crippen LogP contribution in [0.25, 0.3) is 0 Å². The first-order valence-corrected chi connectivity index (χ1v) is 21.5. The zero-order valence-electron chi connectivity index (χ0n) is 32.2. The highest BCUT2D eigenvalue weighted by atomic mass is 31.2. The quantitative estimate of drug-likeness (QED) is 0.0291. The molecule has 0 spiro atoms. The van der Waals surface area contributed by atoms with Gasteiger partial charge < -0.3 is 28.8 Å². The van der Waals surface area contributed by atoms with Gasteiger partial charge in [0.15, 0.2) is 0 Å². The van der Waals surface area contributed by atoms with Crippen LogP contribution in [0.4, 0.5) is 0 Å². The van der Waals surface area contributed by atoms with Gasteiger partial charge >= 0.3 is 0 Å². The molecule has 1 amide bonds. The van der Waals surface area contributed by atoms with Gasteiger partial charge in [-0.1, -0.05) is 167 Å². The minimum Gasteiger partial charge on any atom is -0.756 e. The number of allylic oxidation sites excluding steroid dienone is 1. The van der Waals surface area contributed by atoms with Gasteiger partial charge in [-0.15, -0.1) is 0 Å². The Bertz CT molecular complexity index is 804. The molecule has 0 rings (SSSR count). The zero-order valence-corrected chi connectivity index (χ0v) is 33.1. The van der Waals surface area contributed by atoms with Gasteiger partial charge in [0.25, 0.3) is 7.82 Å². The average Bonchev–Trinajstić information content (AvgIpc) is 3.02. The summed E-state index contributed by atoms with van der Waals surface area (Å²) in [6, 6.07) is -0.876. The molecule has 8 nitrogen and oxygen atoms in total. The van der Waals surface area contributed by atoms with Crippen LogP contribution >= 0.6 is 7.82 Å². The Morgan fingerprint density at radius 3 is 1.56 bits per heavy atom. The van der Waals surface area contributed by atoms with E-state index >= 15 is 0 Å². The normalized spacial score (nSPS) is 14.7. The molecule has 3 unspecified atom stereocenters. The van der Waals surface area contributed by atoms with Gasteiger partial charge in [0.05, 0.1) is 39.9 Å². The lowest BCUT2D eigenvalue weighted by atomic mass is 10.0. The molecule has 0 heterocycles.